The molecule has 0 aliphatic rings. The second kappa shape index (κ2) is 14.2. The molecule has 1 rings (SSSR count). The zero-order valence-electron chi connectivity index (χ0n) is 11.1. The van der Waals surface area contributed by atoms with E-state index >= 15 is 0 Å². The van der Waals surface area contributed by atoms with E-state index in [0.717, 1.165) is 0 Å². The van der Waals surface area contributed by atoms with Crippen LogP contribution in [0.2, 0.25) is 0 Å². The lowest BCUT2D eigenvalue weighted by Crippen LogP contribution is -2.28. The molecule has 0 atom stereocenters. The molecule has 0 aliphatic heterocycles. The molecule has 0 bridgehead atoms. The van der Waals surface area contributed by atoms with Crippen LogP contribution in [0.15, 0.2) is 30.3 Å². The Bertz CT molecular complexity index is 280. The minimum atomic E-state index is -0.179. The number of nitrogens with zero attached hydrogens (tertiary/aromatic N) is 1. The molecule has 0 saturated carbocycles. The van der Waals surface area contributed by atoms with E-state index in [9.17, 15) is 0 Å². The van der Waals surface area contributed by atoms with E-state index in [1.54, 1.807) is 24.3 Å². The molecule has 0 radical (unpaired) electrons. The lowest BCUT2D eigenvalue weighted by molar-refractivity contribution is -0.527. The Kier molecular flexibility index (Phi) is 13.3. The van der Waals surface area contributed by atoms with E-state index in [-0.39, 0.29) is 39.6 Å². The molecule has 8 nitrogen and oxygen atoms in total. The summed E-state index contributed by atoms with van der Waals surface area (Å²) >= 11 is 0. The highest BCUT2D eigenvalue weighted by Gasteiger charge is 2.05. The van der Waals surface area contributed by atoms with Gasteiger partial charge in [-0.1, -0.05) is 18.2 Å². The fourth-order valence-corrected chi connectivity index (χ4v) is 0.886. The molecule has 0 unspecified atom stereocenters. The van der Waals surface area contributed by atoms with E-state index in [2.05, 4.69) is 0 Å². The number of phenols is 1. The molecule has 4 N–H and O–H groups in total. The SMILES string of the molecule is OCCON(OCCO)OCCO.Oc1ccccc1. The van der Waals surface area contributed by atoms with Crippen molar-refractivity contribution in [1.82, 2.24) is 5.39 Å². The number of aromatic hydroxyl groups is 1. The van der Waals surface area contributed by atoms with Crippen LogP contribution in [0.1, 0.15) is 0 Å². The van der Waals surface area contributed by atoms with Crippen molar-refractivity contribution in [2.45, 2.75) is 0 Å². The number of aliphatic hydroxyl groups is 3. The third kappa shape index (κ3) is 11.8. The highest BCUT2D eigenvalue weighted by Crippen LogP contribution is 2.02. The number of hydrogen-bond acceptors (Lipinski definition) is 8. The Labute approximate surface area is 117 Å². The molecule has 0 aliphatic carbocycles. The minimum absolute atomic E-state index is 0.0108. The van der Waals surface area contributed by atoms with Crippen molar-refractivity contribution < 1.29 is 34.9 Å². The smallest absolute Gasteiger partial charge is 0.115 e. The van der Waals surface area contributed by atoms with Crippen molar-refractivity contribution in [2.24, 2.45) is 0 Å². The van der Waals surface area contributed by atoms with Crippen molar-refractivity contribution >= 4 is 0 Å². The van der Waals surface area contributed by atoms with Crippen molar-refractivity contribution in [3.63, 3.8) is 0 Å². The third-order valence-corrected chi connectivity index (χ3v) is 1.62. The molecule has 0 amide bonds. The van der Waals surface area contributed by atoms with E-state index in [4.69, 9.17) is 34.9 Å². The van der Waals surface area contributed by atoms with Gasteiger partial charge in [-0.05, 0) is 12.1 Å². The lowest BCUT2D eigenvalue weighted by Gasteiger charge is -2.17. The van der Waals surface area contributed by atoms with Gasteiger partial charge in [0.15, 0.2) is 0 Å². The lowest BCUT2D eigenvalue weighted by atomic mass is 10.3. The summed E-state index contributed by atoms with van der Waals surface area (Å²) in [4.78, 5) is 14.1. The fraction of sp³-hybridized carbons (Fsp3) is 0.500. The topological polar surface area (TPSA) is 112 Å². The van der Waals surface area contributed by atoms with Gasteiger partial charge in [-0.15, -0.1) is 0 Å². The summed E-state index contributed by atoms with van der Waals surface area (Å²) in [5.74, 6) is 0.322. The zero-order valence-corrected chi connectivity index (χ0v) is 11.1. The molecular formula is C12H21NO7. The van der Waals surface area contributed by atoms with E-state index in [1.165, 1.54) is 0 Å². The Morgan fingerprint density at radius 1 is 0.750 bits per heavy atom. The van der Waals surface area contributed by atoms with Gasteiger partial charge in [-0.3, -0.25) is 0 Å². The summed E-state index contributed by atoms with van der Waals surface area (Å²) < 4.78 is 0. The summed E-state index contributed by atoms with van der Waals surface area (Å²) in [7, 11) is 0. The first-order chi connectivity index (χ1) is 9.74. The van der Waals surface area contributed by atoms with Crippen LogP contribution in [0, 0.1) is 0 Å². The molecular weight excluding hydrogens is 270 g/mol. The second-order valence-electron chi connectivity index (χ2n) is 3.23. The molecule has 0 aromatic heterocycles. The first kappa shape index (κ1) is 18.7. The Morgan fingerprint density at radius 2 is 1.15 bits per heavy atom. The van der Waals surface area contributed by atoms with Gasteiger partial charge in [0.25, 0.3) is 0 Å². The summed E-state index contributed by atoms with van der Waals surface area (Å²) in [6.45, 7) is -0.505. The van der Waals surface area contributed by atoms with Crippen LogP contribution in [0.5, 0.6) is 5.75 Å². The van der Waals surface area contributed by atoms with Gasteiger partial charge >= 0.3 is 0 Å². The number of phenolic OH excluding ortho intramolecular Hbond substituents is 1. The molecule has 0 saturated heterocycles. The summed E-state index contributed by atoms with van der Waals surface area (Å²) in [5.41, 5.74) is 0. The van der Waals surface area contributed by atoms with Gasteiger partial charge in [-0.2, -0.15) is 0 Å². The van der Waals surface area contributed by atoms with Gasteiger partial charge in [0.05, 0.1) is 45.0 Å². The van der Waals surface area contributed by atoms with Crippen molar-refractivity contribution in [3.05, 3.63) is 30.3 Å². The van der Waals surface area contributed by atoms with Crippen LogP contribution in [0.3, 0.4) is 0 Å². The van der Waals surface area contributed by atoms with Crippen molar-refractivity contribution in [2.75, 3.05) is 39.6 Å². The van der Waals surface area contributed by atoms with Crippen LogP contribution >= 0.6 is 0 Å². The van der Waals surface area contributed by atoms with Crippen LogP contribution in [-0.2, 0) is 14.5 Å². The number of rotatable bonds is 9. The number of para-hydroxylation sites is 1. The van der Waals surface area contributed by atoms with Crippen LogP contribution in [0.4, 0.5) is 0 Å². The van der Waals surface area contributed by atoms with Crippen molar-refractivity contribution in [3.8, 4) is 5.75 Å². The monoisotopic (exact) mass is 291 g/mol. The van der Waals surface area contributed by atoms with Crippen LogP contribution in [-0.4, -0.2) is 65.5 Å². The second-order valence-corrected chi connectivity index (χ2v) is 3.23. The Morgan fingerprint density at radius 3 is 1.40 bits per heavy atom. The largest absolute Gasteiger partial charge is 0.508 e. The number of benzene rings is 1. The maximum Gasteiger partial charge on any atom is 0.115 e. The minimum Gasteiger partial charge on any atom is -0.508 e. The molecule has 1 aromatic carbocycles. The van der Waals surface area contributed by atoms with Gasteiger partial charge in [0.2, 0.25) is 0 Å². The number of hydrogen-bond donors (Lipinski definition) is 4. The molecule has 0 spiro atoms. The molecule has 1 aromatic rings. The molecule has 20 heavy (non-hydrogen) atoms. The fourth-order valence-electron chi connectivity index (χ4n) is 0.886. The third-order valence-electron chi connectivity index (χ3n) is 1.62. The maximum atomic E-state index is 8.63. The zero-order chi connectivity index (χ0) is 15.1. The van der Waals surface area contributed by atoms with Gasteiger partial charge in [-0.25, -0.2) is 14.5 Å². The summed E-state index contributed by atoms with van der Waals surface area (Å²) in [6.07, 6.45) is 0. The molecule has 8 heteroatoms. The van der Waals surface area contributed by atoms with Gasteiger partial charge < -0.3 is 20.4 Å². The Hall–Kier alpha value is -1.26. The highest BCUT2D eigenvalue weighted by molar-refractivity contribution is 5.18. The van der Waals surface area contributed by atoms with Crippen LogP contribution in [0.25, 0.3) is 0 Å². The van der Waals surface area contributed by atoms with Crippen molar-refractivity contribution in [1.29, 1.82) is 0 Å². The molecule has 0 heterocycles. The normalized spacial score (nSPS) is 10.2. The van der Waals surface area contributed by atoms with Gasteiger partial charge in [0, 0.05) is 0 Å². The standard InChI is InChI=1S/C6H15NO6.C6H6O/c8-1-4-11-7(12-5-2-9)13-6-3-10;7-6-4-2-1-3-5-6/h8-10H,1-6H2;1-5,7H. The van der Waals surface area contributed by atoms with E-state index in [0.29, 0.717) is 11.1 Å². The average molecular weight is 291 g/mol. The summed E-state index contributed by atoms with van der Waals surface area (Å²) in [5, 5.41) is 34.5. The van der Waals surface area contributed by atoms with Crippen LogP contribution < -0.4 is 0 Å². The van der Waals surface area contributed by atoms with Gasteiger partial charge in [0.1, 0.15) is 5.75 Å². The predicted octanol–water partition coefficient (Wildman–Crippen LogP) is -0.548. The first-order valence-electron chi connectivity index (χ1n) is 6.00. The Balaban J connectivity index is 0.000000428. The van der Waals surface area contributed by atoms with E-state index < -0.39 is 0 Å². The first-order valence-corrected chi connectivity index (χ1v) is 6.00. The maximum absolute atomic E-state index is 8.63. The molecule has 116 valence electrons. The quantitative estimate of drug-likeness (QED) is 0.449. The average Bonchev–Trinajstić information content (AvgIpc) is 2.48. The number of aliphatic hydroxyl groups excluding tert-OH is 3. The highest BCUT2D eigenvalue weighted by atomic mass is 17.2. The van der Waals surface area contributed by atoms with E-state index in [1.807, 2.05) is 6.07 Å². The molecule has 0 fully saturated rings. The summed E-state index contributed by atoms with van der Waals surface area (Å²) in [6, 6.07) is 8.71. The predicted molar refractivity (Wildman–Crippen MR) is 69.1 cm³/mol.